The summed E-state index contributed by atoms with van der Waals surface area (Å²) in [6.45, 7) is 4.62. The van der Waals surface area contributed by atoms with Crippen LogP contribution in [0.15, 0.2) is 24.3 Å². The van der Waals surface area contributed by atoms with E-state index < -0.39 is 0 Å². The summed E-state index contributed by atoms with van der Waals surface area (Å²) in [7, 11) is 0. The Balaban J connectivity index is 1.47. The second kappa shape index (κ2) is 7.60. The third kappa shape index (κ3) is 3.73. The molecule has 27 heavy (non-hydrogen) atoms. The first-order valence-electron chi connectivity index (χ1n) is 9.58. The van der Waals surface area contributed by atoms with Crippen LogP contribution in [0.1, 0.15) is 36.5 Å². The number of hydrogen-bond acceptors (Lipinski definition) is 4. The fraction of sp³-hybridized carbons (Fsp3) is 0.550. The van der Waals surface area contributed by atoms with Crippen LogP contribution in [0.5, 0.6) is 0 Å². The first-order valence-corrected chi connectivity index (χ1v) is 9.95. The number of aryl methyl sites for hydroxylation is 2. The highest BCUT2D eigenvalue weighted by atomic mass is 35.5. The molecular weight excluding hydrogens is 364 g/mol. The SMILES string of the molecule is Cc1nnc2n1CC(C(=O)NCC1(c3cccc(Cl)c3)CCOCC1)CC2. The summed E-state index contributed by atoms with van der Waals surface area (Å²) in [5.74, 6) is 1.93. The molecule has 7 heteroatoms. The van der Waals surface area contributed by atoms with Crippen molar-refractivity contribution in [1.82, 2.24) is 20.1 Å². The summed E-state index contributed by atoms with van der Waals surface area (Å²) in [4.78, 5) is 12.9. The molecule has 6 nitrogen and oxygen atoms in total. The highest BCUT2D eigenvalue weighted by Crippen LogP contribution is 2.35. The van der Waals surface area contributed by atoms with E-state index in [1.54, 1.807) is 0 Å². The van der Waals surface area contributed by atoms with Gasteiger partial charge in [0.1, 0.15) is 11.6 Å². The molecule has 2 aliphatic heterocycles. The van der Waals surface area contributed by atoms with Crippen molar-refractivity contribution in [2.24, 2.45) is 5.92 Å². The van der Waals surface area contributed by atoms with Gasteiger partial charge in [0.15, 0.2) is 0 Å². The van der Waals surface area contributed by atoms with E-state index in [-0.39, 0.29) is 17.2 Å². The summed E-state index contributed by atoms with van der Waals surface area (Å²) in [6, 6.07) is 8.00. The average molecular weight is 389 g/mol. The molecule has 0 radical (unpaired) electrons. The Morgan fingerprint density at radius 1 is 1.37 bits per heavy atom. The minimum atomic E-state index is -0.120. The van der Waals surface area contributed by atoms with E-state index in [9.17, 15) is 4.79 Å². The fourth-order valence-electron chi connectivity index (χ4n) is 4.22. The van der Waals surface area contributed by atoms with Gasteiger partial charge < -0.3 is 14.6 Å². The number of nitrogens with zero attached hydrogens (tertiary/aromatic N) is 3. The molecule has 1 aromatic heterocycles. The number of carbonyl (C=O) groups is 1. The highest BCUT2D eigenvalue weighted by molar-refractivity contribution is 6.30. The van der Waals surface area contributed by atoms with Crippen molar-refractivity contribution in [2.75, 3.05) is 19.8 Å². The minimum Gasteiger partial charge on any atom is -0.381 e. The van der Waals surface area contributed by atoms with Gasteiger partial charge in [0, 0.05) is 43.2 Å². The lowest BCUT2D eigenvalue weighted by Crippen LogP contribution is -2.47. The van der Waals surface area contributed by atoms with Crippen LogP contribution in [0.25, 0.3) is 0 Å². The monoisotopic (exact) mass is 388 g/mol. The maximum atomic E-state index is 12.9. The third-order valence-corrected chi connectivity index (χ3v) is 6.23. The van der Waals surface area contributed by atoms with Crippen LogP contribution < -0.4 is 5.32 Å². The molecule has 2 aromatic rings. The van der Waals surface area contributed by atoms with Crippen molar-refractivity contribution in [3.05, 3.63) is 46.5 Å². The Hall–Kier alpha value is -1.92. The molecule has 1 N–H and O–H groups in total. The Labute approximate surface area is 164 Å². The van der Waals surface area contributed by atoms with Crippen molar-refractivity contribution >= 4 is 17.5 Å². The third-order valence-electron chi connectivity index (χ3n) is 5.99. The van der Waals surface area contributed by atoms with Crippen molar-refractivity contribution < 1.29 is 9.53 Å². The predicted octanol–water partition coefficient (Wildman–Crippen LogP) is 2.67. The molecule has 2 aliphatic rings. The molecule has 3 heterocycles. The molecular formula is C20H25ClN4O2. The van der Waals surface area contributed by atoms with Gasteiger partial charge in [0.2, 0.25) is 5.91 Å². The van der Waals surface area contributed by atoms with Gasteiger partial charge in [-0.2, -0.15) is 0 Å². The van der Waals surface area contributed by atoms with Crippen LogP contribution in [-0.4, -0.2) is 40.4 Å². The zero-order valence-corrected chi connectivity index (χ0v) is 16.3. The maximum Gasteiger partial charge on any atom is 0.224 e. The predicted molar refractivity (Wildman–Crippen MR) is 103 cm³/mol. The molecule has 144 valence electrons. The summed E-state index contributed by atoms with van der Waals surface area (Å²) in [6.07, 6.45) is 3.38. The van der Waals surface area contributed by atoms with Gasteiger partial charge in [-0.1, -0.05) is 23.7 Å². The Bertz CT molecular complexity index is 829. The lowest BCUT2D eigenvalue weighted by atomic mass is 9.74. The van der Waals surface area contributed by atoms with Gasteiger partial charge in [-0.15, -0.1) is 10.2 Å². The molecule has 0 spiro atoms. The summed E-state index contributed by atoms with van der Waals surface area (Å²) >= 11 is 6.23. The number of aromatic nitrogens is 3. The van der Waals surface area contributed by atoms with E-state index in [1.807, 2.05) is 25.1 Å². The molecule has 1 aromatic carbocycles. The van der Waals surface area contributed by atoms with Crippen LogP contribution >= 0.6 is 11.6 Å². The van der Waals surface area contributed by atoms with Gasteiger partial charge >= 0.3 is 0 Å². The molecule has 0 aliphatic carbocycles. The topological polar surface area (TPSA) is 69.0 Å². The number of ether oxygens (including phenoxy) is 1. The van der Waals surface area contributed by atoms with Crippen molar-refractivity contribution in [1.29, 1.82) is 0 Å². The van der Waals surface area contributed by atoms with Crippen LogP contribution in [0.4, 0.5) is 0 Å². The minimum absolute atomic E-state index is 0.0385. The van der Waals surface area contributed by atoms with Crippen LogP contribution in [0, 0.1) is 12.8 Å². The number of carbonyl (C=O) groups excluding carboxylic acids is 1. The first kappa shape index (κ1) is 18.4. The number of amides is 1. The van der Waals surface area contributed by atoms with E-state index in [0.717, 1.165) is 42.4 Å². The van der Waals surface area contributed by atoms with Crippen molar-refractivity contribution in [2.45, 2.75) is 44.6 Å². The van der Waals surface area contributed by atoms with Gasteiger partial charge in [-0.25, -0.2) is 0 Å². The summed E-state index contributed by atoms with van der Waals surface area (Å²) in [5.41, 5.74) is 1.06. The molecule has 1 unspecified atom stereocenters. The number of nitrogens with one attached hydrogen (secondary N) is 1. The van der Waals surface area contributed by atoms with E-state index >= 15 is 0 Å². The number of hydrogen-bond donors (Lipinski definition) is 1. The molecule has 1 fully saturated rings. The summed E-state index contributed by atoms with van der Waals surface area (Å²) < 4.78 is 7.64. The average Bonchev–Trinajstić information content (AvgIpc) is 3.07. The molecule has 1 saturated heterocycles. The van der Waals surface area contributed by atoms with Gasteiger partial charge in [0.05, 0.1) is 5.92 Å². The first-order chi connectivity index (χ1) is 13.1. The van der Waals surface area contributed by atoms with E-state index in [4.69, 9.17) is 16.3 Å². The van der Waals surface area contributed by atoms with Crippen LogP contribution in [0.3, 0.4) is 0 Å². The van der Waals surface area contributed by atoms with Crippen molar-refractivity contribution in [3.63, 3.8) is 0 Å². The highest BCUT2D eigenvalue weighted by Gasteiger charge is 2.36. The van der Waals surface area contributed by atoms with Gasteiger partial charge in [-0.05, 0) is 43.9 Å². The molecule has 4 rings (SSSR count). The molecule has 1 amide bonds. The Morgan fingerprint density at radius 2 is 2.19 bits per heavy atom. The lowest BCUT2D eigenvalue weighted by molar-refractivity contribution is -0.126. The molecule has 0 saturated carbocycles. The smallest absolute Gasteiger partial charge is 0.224 e. The quantitative estimate of drug-likeness (QED) is 0.874. The second-order valence-corrected chi connectivity index (χ2v) is 8.07. The Kier molecular flexibility index (Phi) is 5.19. The number of benzene rings is 1. The lowest BCUT2D eigenvalue weighted by Gasteiger charge is -2.38. The zero-order chi connectivity index (χ0) is 18.9. The second-order valence-electron chi connectivity index (χ2n) is 7.63. The van der Waals surface area contributed by atoms with Crippen molar-refractivity contribution in [3.8, 4) is 0 Å². The standard InChI is InChI=1S/C20H25ClN4O2/c1-14-23-24-18-6-5-15(12-25(14)18)19(26)22-13-20(7-9-27-10-8-20)16-3-2-4-17(21)11-16/h2-4,11,15H,5-10,12-13H2,1H3,(H,22,26). The Morgan fingerprint density at radius 3 is 2.96 bits per heavy atom. The number of halogens is 1. The largest absolute Gasteiger partial charge is 0.381 e. The van der Waals surface area contributed by atoms with Crippen LogP contribution in [0.2, 0.25) is 5.02 Å². The molecule has 1 atom stereocenters. The van der Waals surface area contributed by atoms with Gasteiger partial charge in [0.25, 0.3) is 0 Å². The van der Waals surface area contributed by atoms with E-state index in [2.05, 4.69) is 26.1 Å². The maximum absolute atomic E-state index is 12.9. The normalized spacial score (nSPS) is 21.5. The summed E-state index contributed by atoms with van der Waals surface area (Å²) in [5, 5.41) is 12.3. The van der Waals surface area contributed by atoms with Gasteiger partial charge in [-0.3, -0.25) is 4.79 Å². The molecule has 0 bridgehead atoms. The van der Waals surface area contributed by atoms with E-state index in [0.29, 0.717) is 26.3 Å². The number of rotatable bonds is 4. The number of fused-ring (bicyclic) bond motifs is 1. The zero-order valence-electron chi connectivity index (χ0n) is 15.6. The van der Waals surface area contributed by atoms with E-state index in [1.165, 1.54) is 5.56 Å². The fourth-order valence-corrected chi connectivity index (χ4v) is 4.42. The van der Waals surface area contributed by atoms with Crippen LogP contribution in [-0.2, 0) is 27.9 Å².